The molecule has 0 saturated heterocycles. The van der Waals surface area contributed by atoms with Crippen LogP contribution in [0.2, 0.25) is 10.0 Å². The second-order valence-corrected chi connectivity index (χ2v) is 17.1. The summed E-state index contributed by atoms with van der Waals surface area (Å²) < 4.78 is 3.85. The van der Waals surface area contributed by atoms with Gasteiger partial charge in [-0.25, -0.2) is 9.97 Å². The van der Waals surface area contributed by atoms with Crippen LogP contribution in [0.15, 0.2) is 36.4 Å². The van der Waals surface area contributed by atoms with Gasteiger partial charge in [-0.3, -0.25) is 24.2 Å². The fourth-order valence-electron chi connectivity index (χ4n) is 9.61. The van der Waals surface area contributed by atoms with E-state index >= 15 is 0 Å². The maximum absolute atomic E-state index is 13.8. The van der Waals surface area contributed by atoms with Crippen LogP contribution < -0.4 is 5.32 Å². The quantitative estimate of drug-likeness (QED) is 0.148. The molecule has 4 heterocycles. The number of Topliss-reactive ketones (excluding diaryl/α,β-unsaturated/α-hetero) is 1. The van der Waals surface area contributed by atoms with E-state index in [1.165, 1.54) is 25.7 Å². The van der Waals surface area contributed by atoms with Gasteiger partial charge in [0.25, 0.3) is 5.91 Å². The summed E-state index contributed by atoms with van der Waals surface area (Å²) in [6, 6.07) is 11.7. The molecular formula is C43H51Cl2N7O4. The normalized spacial score (nSPS) is 20.5. The SMILES string of the molecule is Cn1c(C(=O)Cc2cccc(-c3cccc(NC(=O)c4nc5c(n4C)CCN(CCC4CCC(C(=O)O)CC4)C5)c3Cl)c2Cl)nc2c1CCN(C1CCCC1)C2. The van der Waals surface area contributed by atoms with Crippen molar-refractivity contribution in [2.75, 3.05) is 25.0 Å². The maximum atomic E-state index is 13.8. The predicted molar refractivity (Wildman–Crippen MR) is 217 cm³/mol. The van der Waals surface area contributed by atoms with Crippen LogP contribution in [0, 0.1) is 11.8 Å². The second-order valence-electron chi connectivity index (χ2n) is 16.3. The van der Waals surface area contributed by atoms with Crippen LogP contribution in [0.5, 0.6) is 0 Å². The standard InChI is InChI=1S/C43H51Cl2N7O4/c1-49-36-19-22-52(29-8-3-4-9-29)25-34(36)46-40(49)37(53)23-28-7-5-10-30(38(28)44)31-11-6-12-32(39(31)45)48-42(54)41-47-33-24-51(21-18-35(33)50(41)2)20-17-26-13-15-27(16-14-26)43(55)56/h5-7,10-12,26-27,29H,3-4,8-9,13-25H2,1-2H3,(H,48,54)(H,55,56). The number of amides is 1. The number of fused-ring (bicyclic) bond motifs is 2. The summed E-state index contributed by atoms with van der Waals surface area (Å²) in [6.45, 7) is 4.30. The molecule has 11 nitrogen and oxygen atoms in total. The number of ketones is 1. The molecule has 13 heteroatoms. The average Bonchev–Trinajstić information content (AvgIpc) is 3.94. The molecule has 2 aliphatic heterocycles. The first-order valence-electron chi connectivity index (χ1n) is 20.2. The van der Waals surface area contributed by atoms with Crippen molar-refractivity contribution in [3.05, 3.63) is 86.4 Å². The lowest BCUT2D eigenvalue weighted by Gasteiger charge is -2.31. The number of aromatic nitrogens is 4. The van der Waals surface area contributed by atoms with Gasteiger partial charge in [-0.05, 0) is 69.0 Å². The van der Waals surface area contributed by atoms with Gasteiger partial charge in [-0.1, -0.05) is 66.4 Å². The Morgan fingerprint density at radius 3 is 2.18 bits per heavy atom. The number of anilines is 1. The van der Waals surface area contributed by atoms with Gasteiger partial charge in [-0.2, -0.15) is 0 Å². The molecule has 56 heavy (non-hydrogen) atoms. The van der Waals surface area contributed by atoms with E-state index in [9.17, 15) is 19.5 Å². The number of nitrogens with one attached hydrogen (secondary N) is 1. The fourth-order valence-corrected chi connectivity index (χ4v) is 10.2. The Bertz CT molecular complexity index is 2150. The molecule has 2 fully saturated rings. The maximum Gasteiger partial charge on any atom is 0.306 e. The highest BCUT2D eigenvalue weighted by molar-refractivity contribution is 6.39. The van der Waals surface area contributed by atoms with Crippen LogP contribution in [-0.4, -0.2) is 77.3 Å². The monoisotopic (exact) mass is 799 g/mol. The molecule has 8 rings (SSSR count). The van der Waals surface area contributed by atoms with E-state index in [1.807, 2.05) is 53.6 Å². The van der Waals surface area contributed by atoms with Crippen LogP contribution >= 0.6 is 23.2 Å². The van der Waals surface area contributed by atoms with Gasteiger partial charge in [-0.15, -0.1) is 0 Å². The van der Waals surface area contributed by atoms with E-state index < -0.39 is 5.97 Å². The fraction of sp³-hybridized carbons (Fsp3) is 0.512. The van der Waals surface area contributed by atoms with E-state index in [2.05, 4.69) is 15.1 Å². The number of carbonyl (C=O) groups excluding carboxylic acids is 2. The summed E-state index contributed by atoms with van der Waals surface area (Å²) in [6.07, 6.45) is 11.4. The molecule has 0 spiro atoms. The van der Waals surface area contributed by atoms with Gasteiger partial charge < -0.3 is 19.6 Å². The third kappa shape index (κ3) is 7.80. The van der Waals surface area contributed by atoms with Crippen LogP contribution in [0.3, 0.4) is 0 Å². The third-order valence-corrected chi connectivity index (χ3v) is 13.8. The van der Waals surface area contributed by atoms with Gasteiger partial charge in [0.15, 0.2) is 11.6 Å². The number of nitrogens with zero attached hydrogens (tertiary/aromatic N) is 6. The van der Waals surface area contributed by atoms with Gasteiger partial charge in [0.05, 0.1) is 33.0 Å². The summed E-state index contributed by atoms with van der Waals surface area (Å²) in [7, 11) is 3.82. The van der Waals surface area contributed by atoms with Crippen LogP contribution in [0.1, 0.15) is 107 Å². The number of carbonyl (C=O) groups is 3. The topological polar surface area (TPSA) is 126 Å². The lowest BCUT2D eigenvalue weighted by atomic mass is 9.80. The molecule has 1 amide bonds. The summed E-state index contributed by atoms with van der Waals surface area (Å²) in [5.41, 5.74) is 6.57. The molecule has 2 aromatic carbocycles. The smallest absolute Gasteiger partial charge is 0.306 e. The van der Waals surface area contributed by atoms with Gasteiger partial charge in [0.1, 0.15) is 0 Å². The van der Waals surface area contributed by atoms with E-state index in [-0.39, 0.29) is 24.0 Å². The second kappa shape index (κ2) is 16.4. The van der Waals surface area contributed by atoms with Gasteiger partial charge >= 0.3 is 5.97 Å². The van der Waals surface area contributed by atoms with Crippen molar-refractivity contribution in [2.24, 2.45) is 25.9 Å². The molecule has 4 aliphatic rings. The zero-order valence-electron chi connectivity index (χ0n) is 32.3. The first-order valence-corrected chi connectivity index (χ1v) is 21.0. The van der Waals surface area contributed by atoms with Crippen molar-refractivity contribution in [3.63, 3.8) is 0 Å². The molecule has 296 valence electrons. The van der Waals surface area contributed by atoms with E-state index in [0.717, 1.165) is 93.9 Å². The van der Waals surface area contributed by atoms with E-state index in [1.54, 1.807) is 6.07 Å². The van der Waals surface area contributed by atoms with Gasteiger partial charge in [0, 0.05) is 88.1 Å². The van der Waals surface area contributed by atoms with E-state index in [0.29, 0.717) is 62.6 Å². The van der Waals surface area contributed by atoms with E-state index in [4.69, 9.17) is 33.2 Å². The Morgan fingerprint density at radius 2 is 1.45 bits per heavy atom. The number of benzene rings is 2. The molecule has 2 aromatic heterocycles. The summed E-state index contributed by atoms with van der Waals surface area (Å²) in [4.78, 5) is 53.4. The number of imidazole rings is 2. The van der Waals surface area contributed by atoms with Crippen molar-refractivity contribution >= 4 is 46.5 Å². The van der Waals surface area contributed by atoms with Crippen molar-refractivity contribution in [3.8, 4) is 11.1 Å². The first-order chi connectivity index (χ1) is 27.0. The predicted octanol–water partition coefficient (Wildman–Crippen LogP) is 7.75. The Hall–Kier alpha value is -4.03. The lowest BCUT2D eigenvalue weighted by molar-refractivity contribution is -0.143. The molecule has 2 N–H and O–H groups in total. The summed E-state index contributed by atoms with van der Waals surface area (Å²) in [5, 5.41) is 13.1. The highest BCUT2D eigenvalue weighted by Gasteiger charge is 2.32. The molecule has 0 unspecified atom stereocenters. The molecule has 0 radical (unpaired) electrons. The minimum Gasteiger partial charge on any atom is -0.481 e. The zero-order chi connectivity index (χ0) is 39.1. The summed E-state index contributed by atoms with van der Waals surface area (Å²) >= 11 is 14.0. The van der Waals surface area contributed by atoms with Crippen molar-refractivity contribution in [2.45, 2.75) is 96.2 Å². The number of hydrogen-bond acceptors (Lipinski definition) is 7. The minimum absolute atomic E-state index is 0.0822. The molecule has 0 bridgehead atoms. The largest absolute Gasteiger partial charge is 0.481 e. The average molecular weight is 801 g/mol. The number of carboxylic acid groups (broad SMARTS) is 1. The van der Waals surface area contributed by atoms with Crippen LogP contribution in [0.4, 0.5) is 5.69 Å². The Morgan fingerprint density at radius 1 is 0.804 bits per heavy atom. The number of rotatable bonds is 11. The first kappa shape index (κ1) is 38.8. The van der Waals surface area contributed by atoms with Gasteiger partial charge in [0.2, 0.25) is 5.78 Å². The highest BCUT2D eigenvalue weighted by atomic mass is 35.5. The molecular weight excluding hydrogens is 749 g/mol. The third-order valence-electron chi connectivity index (χ3n) is 12.9. The van der Waals surface area contributed by atoms with Crippen LogP contribution in [-0.2, 0) is 51.2 Å². The Labute approximate surface area is 338 Å². The van der Waals surface area contributed by atoms with Crippen molar-refractivity contribution in [1.29, 1.82) is 0 Å². The number of carboxylic acids is 1. The van der Waals surface area contributed by atoms with Crippen molar-refractivity contribution in [1.82, 2.24) is 28.9 Å². The highest BCUT2D eigenvalue weighted by Crippen LogP contribution is 2.39. The summed E-state index contributed by atoms with van der Waals surface area (Å²) in [5.74, 6) is 0.0573. The molecule has 4 aromatic rings. The van der Waals surface area contributed by atoms with Crippen LogP contribution in [0.25, 0.3) is 11.1 Å². The molecule has 0 atom stereocenters. The zero-order valence-corrected chi connectivity index (χ0v) is 33.8. The van der Waals surface area contributed by atoms with Crippen molar-refractivity contribution < 1.29 is 19.5 Å². The lowest BCUT2D eigenvalue weighted by Crippen LogP contribution is -2.38. The Balaban J connectivity index is 0.924. The Kier molecular flexibility index (Phi) is 11.4. The minimum atomic E-state index is -0.666. The molecule has 2 saturated carbocycles. The number of halogens is 2. The number of aliphatic carboxylic acids is 1. The molecule has 2 aliphatic carbocycles. The number of hydrogen-bond donors (Lipinski definition) is 2.